The van der Waals surface area contributed by atoms with Gasteiger partial charge in [0, 0.05) is 12.6 Å². The Morgan fingerprint density at radius 2 is 1.57 bits per heavy atom. The molecule has 3 N–H and O–H groups in total. The van der Waals surface area contributed by atoms with Crippen molar-refractivity contribution in [1.29, 1.82) is 0 Å². The Kier molecular flexibility index (Phi) is 8.41. The van der Waals surface area contributed by atoms with Crippen LogP contribution in [0.3, 0.4) is 0 Å². The molecule has 0 aliphatic heterocycles. The molecule has 114 valence electrons. The summed E-state index contributed by atoms with van der Waals surface area (Å²) in [5, 5.41) is 3.39. The van der Waals surface area contributed by atoms with Crippen LogP contribution in [0.5, 0.6) is 0 Å². The lowest BCUT2D eigenvalue weighted by Crippen LogP contribution is -2.23. The van der Waals surface area contributed by atoms with Crippen molar-refractivity contribution in [3.63, 3.8) is 0 Å². The Balaban J connectivity index is 0.000000262. The molecule has 0 spiro atoms. The summed E-state index contributed by atoms with van der Waals surface area (Å²) in [4.78, 5) is 0. The number of hydrogen-bond donors (Lipinski definition) is 2. The van der Waals surface area contributed by atoms with E-state index >= 15 is 0 Å². The van der Waals surface area contributed by atoms with Gasteiger partial charge in [-0.1, -0.05) is 60.2 Å². The van der Waals surface area contributed by atoms with Crippen LogP contribution in [-0.4, -0.2) is 12.6 Å². The predicted octanol–water partition coefficient (Wildman–Crippen LogP) is 3.82. The minimum Gasteiger partial charge on any atom is -0.328 e. The highest BCUT2D eigenvalue weighted by atomic mass is 14.9. The molecule has 0 aromatic heterocycles. The molecule has 0 aliphatic rings. The summed E-state index contributed by atoms with van der Waals surface area (Å²) in [6.45, 7) is 8.20. The molecule has 1 atom stereocenters. The zero-order valence-corrected chi connectivity index (χ0v) is 13.5. The Morgan fingerprint density at radius 3 is 2.10 bits per heavy atom. The summed E-state index contributed by atoms with van der Waals surface area (Å²) in [5.74, 6) is 0. The standard InChI is InChI=1S/C12H20N2.C7H8/c1-10-5-3-4-6-12(10)9-14-8-7-11(2)13;1-7-5-3-2-4-6-7/h3-6,11,14H,7-9,13H2,1-2H3;2-6H,1H3. The van der Waals surface area contributed by atoms with E-state index in [9.17, 15) is 0 Å². The SMILES string of the molecule is Cc1ccccc1.Cc1ccccc1CNCCC(C)N. The lowest BCUT2D eigenvalue weighted by atomic mass is 10.1. The van der Waals surface area contributed by atoms with Crippen molar-refractivity contribution in [3.05, 3.63) is 71.3 Å². The van der Waals surface area contributed by atoms with Gasteiger partial charge in [-0.3, -0.25) is 0 Å². The molecule has 2 rings (SSSR count). The van der Waals surface area contributed by atoms with E-state index in [1.165, 1.54) is 16.7 Å². The summed E-state index contributed by atoms with van der Waals surface area (Å²) >= 11 is 0. The van der Waals surface area contributed by atoms with E-state index in [0.717, 1.165) is 19.5 Å². The molecular weight excluding hydrogens is 256 g/mol. The van der Waals surface area contributed by atoms with Crippen molar-refractivity contribution in [2.45, 2.75) is 39.8 Å². The van der Waals surface area contributed by atoms with Gasteiger partial charge in [0.2, 0.25) is 0 Å². The first-order valence-corrected chi connectivity index (χ1v) is 7.62. The molecule has 0 heterocycles. The van der Waals surface area contributed by atoms with Gasteiger partial charge in [0.25, 0.3) is 0 Å². The maximum absolute atomic E-state index is 5.66. The Hall–Kier alpha value is -1.64. The van der Waals surface area contributed by atoms with Crippen molar-refractivity contribution in [1.82, 2.24) is 5.32 Å². The molecule has 21 heavy (non-hydrogen) atoms. The first-order valence-electron chi connectivity index (χ1n) is 7.62. The van der Waals surface area contributed by atoms with Gasteiger partial charge < -0.3 is 11.1 Å². The Labute approximate surface area is 129 Å². The molecule has 2 aromatic rings. The van der Waals surface area contributed by atoms with Crippen LogP contribution in [-0.2, 0) is 6.54 Å². The molecule has 2 aromatic carbocycles. The first kappa shape index (κ1) is 17.4. The maximum atomic E-state index is 5.66. The van der Waals surface area contributed by atoms with E-state index in [4.69, 9.17) is 5.73 Å². The largest absolute Gasteiger partial charge is 0.328 e. The van der Waals surface area contributed by atoms with Crippen LogP contribution in [0.2, 0.25) is 0 Å². The lowest BCUT2D eigenvalue weighted by Gasteiger charge is -2.08. The van der Waals surface area contributed by atoms with Crippen LogP contribution < -0.4 is 11.1 Å². The predicted molar refractivity (Wildman–Crippen MR) is 92.3 cm³/mol. The number of benzene rings is 2. The van der Waals surface area contributed by atoms with Crippen molar-refractivity contribution in [2.24, 2.45) is 5.73 Å². The van der Waals surface area contributed by atoms with Crippen LogP contribution in [0.15, 0.2) is 54.6 Å². The summed E-state index contributed by atoms with van der Waals surface area (Å²) in [5.41, 5.74) is 9.70. The summed E-state index contributed by atoms with van der Waals surface area (Å²) in [7, 11) is 0. The number of rotatable bonds is 5. The smallest absolute Gasteiger partial charge is 0.0208 e. The van der Waals surface area contributed by atoms with E-state index in [-0.39, 0.29) is 0 Å². The highest BCUT2D eigenvalue weighted by Crippen LogP contribution is 2.05. The van der Waals surface area contributed by atoms with Gasteiger partial charge in [-0.25, -0.2) is 0 Å². The summed E-state index contributed by atoms with van der Waals surface area (Å²) < 4.78 is 0. The first-order chi connectivity index (χ1) is 10.1. The normalized spacial score (nSPS) is 11.4. The van der Waals surface area contributed by atoms with Gasteiger partial charge >= 0.3 is 0 Å². The molecular formula is C19H28N2. The van der Waals surface area contributed by atoms with Gasteiger partial charge in [0.05, 0.1) is 0 Å². The third-order valence-corrected chi connectivity index (χ3v) is 3.29. The third kappa shape index (κ3) is 8.28. The molecule has 0 radical (unpaired) electrons. The molecule has 0 saturated heterocycles. The van der Waals surface area contributed by atoms with Crippen molar-refractivity contribution in [2.75, 3.05) is 6.54 Å². The van der Waals surface area contributed by atoms with Crippen LogP contribution in [0, 0.1) is 13.8 Å². The topological polar surface area (TPSA) is 38.0 Å². The molecule has 1 unspecified atom stereocenters. The fourth-order valence-corrected chi connectivity index (χ4v) is 1.90. The molecule has 2 nitrogen and oxygen atoms in total. The van der Waals surface area contributed by atoms with E-state index in [2.05, 4.69) is 55.6 Å². The summed E-state index contributed by atoms with van der Waals surface area (Å²) in [6, 6.07) is 19.0. The van der Waals surface area contributed by atoms with Gasteiger partial charge in [0.1, 0.15) is 0 Å². The number of hydrogen-bond acceptors (Lipinski definition) is 2. The highest BCUT2D eigenvalue weighted by Gasteiger charge is 1.97. The lowest BCUT2D eigenvalue weighted by molar-refractivity contribution is 0.588. The van der Waals surface area contributed by atoms with Crippen LogP contribution in [0.4, 0.5) is 0 Å². The van der Waals surface area contributed by atoms with Crippen LogP contribution in [0.1, 0.15) is 30.0 Å². The van der Waals surface area contributed by atoms with Crippen LogP contribution >= 0.6 is 0 Å². The summed E-state index contributed by atoms with van der Waals surface area (Å²) in [6.07, 6.45) is 1.03. The van der Waals surface area contributed by atoms with E-state index < -0.39 is 0 Å². The maximum Gasteiger partial charge on any atom is 0.0208 e. The third-order valence-electron chi connectivity index (χ3n) is 3.29. The minimum atomic E-state index is 0.291. The van der Waals surface area contributed by atoms with Gasteiger partial charge in [-0.2, -0.15) is 0 Å². The second-order valence-electron chi connectivity index (χ2n) is 5.52. The molecule has 0 fully saturated rings. The zero-order valence-electron chi connectivity index (χ0n) is 13.5. The quantitative estimate of drug-likeness (QED) is 0.819. The molecule has 0 bridgehead atoms. The van der Waals surface area contributed by atoms with Crippen molar-refractivity contribution in [3.8, 4) is 0 Å². The van der Waals surface area contributed by atoms with E-state index in [1.54, 1.807) is 0 Å². The zero-order chi connectivity index (χ0) is 15.5. The minimum absolute atomic E-state index is 0.291. The van der Waals surface area contributed by atoms with Crippen LogP contribution in [0.25, 0.3) is 0 Å². The molecule has 0 aliphatic carbocycles. The average Bonchev–Trinajstić information content (AvgIpc) is 2.46. The monoisotopic (exact) mass is 284 g/mol. The number of nitrogens with one attached hydrogen (secondary N) is 1. The van der Waals surface area contributed by atoms with E-state index in [0.29, 0.717) is 6.04 Å². The fourth-order valence-electron chi connectivity index (χ4n) is 1.90. The number of nitrogens with two attached hydrogens (primary N) is 1. The van der Waals surface area contributed by atoms with Gasteiger partial charge in [-0.05, 0) is 44.9 Å². The Morgan fingerprint density at radius 1 is 0.952 bits per heavy atom. The molecule has 2 heteroatoms. The second kappa shape index (κ2) is 10.1. The van der Waals surface area contributed by atoms with Crippen molar-refractivity contribution < 1.29 is 0 Å². The average molecular weight is 284 g/mol. The molecule has 0 amide bonds. The van der Waals surface area contributed by atoms with E-state index in [1.807, 2.05) is 25.1 Å². The number of aryl methyl sites for hydroxylation is 2. The second-order valence-corrected chi connectivity index (χ2v) is 5.52. The Bertz CT molecular complexity index is 492. The molecule has 0 saturated carbocycles. The van der Waals surface area contributed by atoms with Gasteiger partial charge in [0.15, 0.2) is 0 Å². The fraction of sp³-hybridized carbons (Fsp3) is 0.368. The van der Waals surface area contributed by atoms with Gasteiger partial charge in [-0.15, -0.1) is 0 Å². The van der Waals surface area contributed by atoms with Crippen molar-refractivity contribution >= 4 is 0 Å². The highest BCUT2D eigenvalue weighted by molar-refractivity contribution is 5.25.